The highest BCUT2D eigenvalue weighted by atomic mass is 127. The number of hydrogen-bond donors (Lipinski definition) is 1. The lowest BCUT2D eigenvalue weighted by Gasteiger charge is -2.13. The zero-order chi connectivity index (χ0) is 12.8. The molecule has 0 aliphatic rings. The van der Waals surface area contributed by atoms with Gasteiger partial charge in [0.05, 0.1) is 17.3 Å². The van der Waals surface area contributed by atoms with E-state index in [1.54, 1.807) is 26.3 Å². The average Bonchev–Trinajstić information content (AvgIpc) is 2.35. The van der Waals surface area contributed by atoms with Crippen molar-refractivity contribution in [2.45, 2.75) is 13.3 Å². The third-order valence-corrected chi connectivity index (χ3v) is 2.97. The molecular weight excluding hydrogens is 333 g/mol. The first-order chi connectivity index (χ1) is 8.13. The molecule has 0 aliphatic heterocycles. The summed E-state index contributed by atoms with van der Waals surface area (Å²) in [5.41, 5.74) is 0.567. The van der Waals surface area contributed by atoms with Crippen LogP contribution in [0.2, 0.25) is 0 Å². The Morgan fingerprint density at radius 2 is 2.18 bits per heavy atom. The van der Waals surface area contributed by atoms with Crippen molar-refractivity contribution in [1.29, 1.82) is 0 Å². The van der Waals surface area contributed by atoms with Crippen LogP contribution in [-0.2, 0) is 0 Å². The Morgan fingerprint density at radius 1 is 1.47 bits per heavy atom. The van der Waals surface area contributed by atoms with Gasteiger partial charge in [-0.2, -0.15) is 0 Å². The molecule has 17 heavy (non-hydrogen) atoms. The van der Waals surface area contributed by atoms with Gasteiger partial charge in [0.15, 0.2) is 11.5 Å². The van der Waals surface area contributed by atoms with Crippen LogP contribution in [-0.4, -0.2) is 26.7 Å². The van der Waals surface area contributed by atoms with Gasteiger partial charge in [-0.1, -0.05) is 6.92 Å². The normalized spacial score (nSPS) is 9.88. The van der Waals surface area contributed by atoms with Crippen molar-refractivity contribution >= 4 is 28.5 Å². The van der Waals surface area contributed by atoms with Gasteiger partial charge in [0.25, 0.3) is 5.91 Å². The molecule has 1 aromatic carbocycles. The second-order valence-corrected chi connectivity index (χ2v) is 4.58. The standard InChI is InChI=1S/C12H16INO3/c1-4-5-17-11-9(13)6-8(12(15)14-2)7-10(11)16-3/h6-7H,4-5H2,1-3H3,(H,14,15). The molecule has 1 aromatic rings. The van der Waals surface area contributed by atoms with Gasteiger partial charge in [0.1, 0.15) is 0 Å². The van der Waals surface area contributed by atoms with Gasteiger partial charge < -0.3 is 14.8 Å². The first kappa shape index (κ1) is 14.1. The van der Waals surface area contributed by atoms with Crippen LogP contribution < -0.4 is 14.8 Å². The molecule has 1 amide bonds. The monoisotopic (exact) mass is 349 g/mol. The molecule has 94 valence electrons. The van der Waals surface area contributed by atoms with Crippen LogP contribution in [0.4, 0.5) is 0 Å². The predicted octanol–water partition coefficient (Wildman–Crippen LogP) is 2.45. The molecule has 0 bridgehead atoms. The van der Waals surface area contributed by atoms with Crippen LogP contribution in [0.5, 0.6) is 11.5 Å². The molecule has 0 saturated carbocycles. The van der Waals surface area contributed by atoms with Crippen molar-refractivity contribution in [3.05, 3.63) is 21.3 Å². The molecule has 4 nitrogen and oxygen atoms in total. The van der Waals surface area contributed by atoms with E-state index in [4.69, 9.17) is 9.47 Å². The van der Waals surface area contributed by atoms with Crippen LogP contribution >= 0.6 is 22.6 Å². The van der Waals surface area contributed by atoms with Crippen molar-refractivity contribution in [2.75, 3.05) is 20.8 Å². The number of carbonyl (C=O) groups excluding carboxylic acids is 1. The smallest absolute Gasteiger partial charge is 0.251 e. The van der Waals surface area contributed by atoms with Gasteiger partial charge >= 0.3 is 0 Å². The van der Waals surface area contributed by atoms with E-state index in [2.05, 4.69) is 27.9 Å². The number of halogens is 1. The molecule has 0 unspecified atom stereocenters. The lowest BCUT2D eigenvalue weighted by molar-refractivity contribution is 0.0962. The number of carbonyl (C=O) groups is 1. The molecule has 0 saturated heterocycles. The van der Waals surface area contributed by atoms with Gasteiger partial charge in [-0.25, -0.2) is 0 Å². The second-order valence-electron chi connectivity index (χ2n) is 3.42. The lowest BCUT2D eigenvalue weighted by Crippen LogP contribution is -2.18. The molecule has 0 heterocycles. The topological polar surface area (TPSA) is 47.6 Å². The molecule has 0 fully saturated rings. The molecule has 5 heteroatoms. The molecule has 0 radical (unpaired) electrons. The summed E-state index contributed by atoms with van der Waals surface area (Å²) in [6.45, 7) is 2.67. The summed E-state index contributed by atoms with van der Waals surface area (Å²) in [6, 6.07) is 3.47. The van der Waals surface area contributed by atoms with Crippen LogP contribution in [0, 0.1) is 3.57 Å². The number of amides is 1. The van der Waals surface area contributed by atoms with E-state index in [1.807, 2.05) is 6.92 Å². The fourth-order valence-corrected chi connectivity index (χ4v) is 2.10. The third-order valence-electron chi connectivity index (χ3n) is 2.17. The number of benzene rings is 1. The highest BCUT2D eigenvalue weighted by Gasteiger charge is 2.14. The van der Waals surface area contributed by atoms with Gasteiger partial charge in [-0.15, -0.1) is 0 Å². The van der Waals surface area contributed by atoms with Crippen LogP contribution in [0.3, 0.4) is 0 Å². The van der Waals surface area contributed by atoms with E-state index in [0.29, 0.717) is 23.7 Å². The van der Waals surface area contributed by atoms with E-state index in [1.165, 1.54) is 0 Å². The predicted molar refractivity (Wildman–Crippen MR) is 74.9 cm³/mol. The number of ether oxygens (including phenoxy) is 2. The van der Waals surface area contributed by atoms with E-state index in [9.17, 15) is 4.79 Å². The number of hydrogen-bond acceptors (Lipinski definition) is 3. The Labute approximate surface area is 115 Å². The maximum Gasteiger partial charge on any atom is 0.251 e. The molecule has 1 rings (SSSR count). The molecule has 0 aromatic heterocycles. The Hall–Kier alpha value is -0.980. The van der Waals surface area contributed by atoms with Gasteiger partial charge in [0, 0.05) is 12.6 Å². The van der Waals surface area contributed by atoms with Crippen molar-refractivity contribution in [3.63, 3.8) is 0 Å². The van der Waals surface area contributed by atoms with Crippen molar-refractivity contribution in [2.24, 2.45) is 0 Å². The van der Waals surface area contributed by atoms with Crippen molar-refractivity contribution in [3.8, 4) is 11.5 Å². The Kier molecular flexibility index (Phi) is 5.54. The Balaban J connectivity index is 3.11. The molecule has 0 atom stereocenters. The number of nitrogens with one attached hydrogen (secondary N) is 1. The highest BCUT2D eigenvalue weighted by molar-refractivity contribution is 14.1. The Morgan fingerprint density at radius 3 is 2.71 bits per heavy atom. The van der Waals surface area contributed by atoms with Crippen molar-refractivity contribution < 1.29 is 14.3 Å². The van der Waals surface area contributed by atoms with Gasteiger partial charge in [-0.05, 0) is 41.1 Å². The highest BCUT2D eigenvalue weighted by Crippen LogP contribution is 2.34. The fourth-order valence-electron chi connectivity index (χ4n) is 1.34. The zero-order valence-electron chi connectivity index (χ0n) is 10.2. The fraction of sp³-hybridized carbons (Fsp3) is 0.417. The van der Waals surface area contributed by atoms with Crippen LogP contribution in [0.25, 0.3) is 0 Å². The van der Waals surface area contributed by atoms with E-state index < -0.39 is 0 Å². The zero-order valence-corrected chi connectivity index (χ0v) is 12.3. The minimum Gasteiger partial charge on any atom is -0.493 e. The quantitative estimate of drug-likeness (QED) is 0.831. The summed E-state index contributed by atoms with van der Waals surface area (Å²) in [4.78, 5) is 11.5. The average molecular weight is 349 g/mol. The van der Waals surface area contributed by atoms with Crippen molar-refractivity contribution in [1.82, 2.24) is 5.32 Å². The molecule has 0 spiro atoms. The van der Waals surface area contributed by atoms with Gasteiger partial charge in [-0.3, -0.25) is 4.79 Å². The molecule has 1 N–H and O–H groups in total. The SMILES string of the molecule is CCCOc1c(I)cc(C(=O)NC)cc1OC. The lowest BCUT2D eigenvalue weighted by atomic mass is 10.2. The first-order valence-electron chi connectivity index (χ1n) is 5.36. The maximum atomic E-state index is 11.5. The third kappa shape index (κ3) is 3.49. The summed E-state index contributed by atoms with van der Waals surface area (Å²) in [5.74, 6) is 1.15. The van der Waals surface area contributed by atoms with Crippen LogP contribution in [0.1, 0.15) is 23.7 Å². The second kappa shape index (κ2) is 6.68. The summed E-state index contributed by atoms with van der Waals surface area (Å²) in [7, 11) is 3.17. The first-order valence-corrected chi connectivity index (χ1v) is 6.44. The number of rotatable bonds is 5. The summed E-state index contributed by atoms with van der Waals surface area (Å²) in [5, 5.41) is 2.58. The largest absolute Gasteiger partial charge is 0.493 e. The number of methoxy groups -OCH3 is 1. The van der Waals surface area contributed by atoms with Gasteiger partial charge in [0.2, 0.25) is 0 Å². The molecule has 0 aliphatic carbocycles. The Bertz CT molecular complexity index is 407. The summed E-state index contributed by atoms with van der Waals surface area (Å²) < 4.78 is 11.7. The van der Waals surface area contributed by atoms with Crippen LogP contribution in [0.15, 0.2) is 12.1 Å². The van der Waals surface area contributed by atoms with E-state index in [0.717, 1.165) is 9.99 Å². The van der Waals surface area contributed by atoms with E-state index >= 15 is 0 Å². The minimum atomic E-state index is -0.136. The maximum absolute atomic E-state index is 11.5. The summed E-state index contributed by atoms with van der Waals surface area (Å²) >= 11 is 2.14. The minimum absolute atomic E-state index is 0.136. The summed E-state index contributed by atoms with van der Waals surface area (Å²) in [6.07, 6.45) is 0.927. The van der Waals surface area contributed by atoms with E-state index in [-0.39, 0.29) is 5.91 Å². The molecular formula is C12H16INO3.